The average molecular weight is 569 g/mol. The number of benzene rings is 1. The van der Waals surface area contributed by atoms with Crippen molar-refractivity contribution in [2.24, 2.45) is 9.50 Å². The highest BCUT2D eigenvalue weighted by Gasteiger charge is 2.29. The Kier molecular flexibility index (Phi) is 6.32. The first kappa shape index (κ1) is 23.2. The number of hydrogen-bond donors (Lipinski definition) is 2. The molecule has 1 aromatic carbocycles. The third kappa shape index (κ3) is 4.21. The molecule has 31 heavy (non-hydrogen) atoms. The van der Waals surface area contributed by atoms with Gasteiger partial charge in [0.15, 0.2) is 9.92 Å². The molecular formula is C21H25BIN3O3S2. The van der Waals surface area contributed by atoms with Crippen molar-refractivity contribution in [3.63, 3.8) is 0 Å². The van der Waals surface area contributed by atoms with Gasteiger partial charge in [0.25, 0.3) is 0 Å². The molecule has 2 aliphatic carbocycles. The maximum atomic E-state index is 13.2. The molecule has 0 spiro atoms. The highest BCUT2D eigenvalue weighted by molar-refractivity contribution is 14.1. The molecule has 10 heteroatoms. The van der Waals surface area contributed by atoms with Crippen LogP contribution in [0.4, 0.5) is 10.5 Å². The normalized spacial score (nSPS) is 17.2. The van der Waals surface area contributed by atoms with Crippen LogP contribution in [0.5, 0.6) is 0 Å². The lowest BCUT2D eigenvalue weighted by molar-refractivity contribution is 0.182. The van der Waals surface area contributed by atoms with E-state index in [0.717, 1.165) is 60.4 Å². The predicted molar refractivity (Wildman–Crippen MR) is 135 cm³/mol. The number of halogens is 1. The van der Waals surface area contributed by atoms with Crippen LogP contribution in [0, 0.1) is 6.92 Å². The Balaban J connectivity index is 1.69. The summed E-state index contributed by atoms with van der Waals surface area (Å²) in [4.78, 5) is 13.6. The smallest absolute Gasteiger partial charge is 0.305 e. The van der Waals surface area contributed by atoms with E-state index in [1.807, 2.05) is 36.9 Å². The summed E-state index contributed by atoms with van der Waals surface area (Å²) in [7, 11) is 2.58. The van der Waals surface area contributed by atoms with E-state index in [0.29, 0.717) is 0 Å². The van der Waals surface area contributed by atoms with Gasteiger partial charge in [0.1, 0.15) is 40.7 Å². The molecule has 1 heterocycles. The lowest BCUT2D eigenvalue weighted by atomic mass is 9.93. The average Bonchev–Trinajstić information content (AvgIpc) is 3.43. The van der Waals surface area contributed by atoms with Crippen LogP contribution in [0.25, 0.3) is 0 Å². The molecule has 0 saturated heterocycles. The van der Waals surface area contributed by atoms with E-state index < -0.39 is 21.5 Å². The van der Waals surface area contributed by atoms with Gasteiger partial charge in [0.05, 0.1) is 0 Å². The summed E-state index contributed by atoms with van der Waals surface area (Å²) in [5.74, 6) is 0. The third-order valence-electron chi connectivity index (χ3n) is 6.17. The van der Waals surface area contributed by atoms with Crippen molar-refractivity contribution in [2.75, 3.05) is 5.32 Å². The molecule has 1 aromatic heterocycles. The van der Waals surface area contributed by atoms with E-state index in [2.05, 4.69) is 16.6 Å². The maximum absolute atomic E-state index is 13.2. The number of hydrogen-bond acceptors (Lipinski definition) is 4. The van der Waals surface area contributed by atoms with Crippen LogP contribution in [-0.2, 0) is 44.3 Å². The summed E-state index contributed by atoms with van der Waals surface area (Å²) in [5, 5.41) is 8.97. The summed E-state index contributed by atoms with van der Waals surface area (Å²) < 4.78 is 22.7. The molecule has 0 aliphatic heterocycles. The molecule has 0 saturated carbocycles. The van der Waals surface area contributed by atoms with E-state index in [4.69, 9.17) is 16.1 Å². The number of nitrogens with one attached hydrogen (secondary N) is 1. The SMILES string of the molecule is [B]c1cc(C(C)(C)OI)sc1S(N)(=O)=NC(=O)Nc1c2c(c(C)c3c1CCC3)CCC2. The number of carbonyl (C=O) groups is 1. The zero-order chi connectivity index (χ0) is 22.6. The fraction of sp³-hybridized carbons (Fsp3) is 0.476. The Hall–Kier alpha value is -0.945. The Morgan fingerprint density at radius 1 is 1.23 bits per heavy atom. The number of thiophene rings is 1. The second kappa shape index (κ2) is 8.44. The highest BCUT2D eigenvalue weighted by Crippen LogP contribution is 2.41. The molecule has 3 N–H and O–H groups in total. The zero-order valence-electron chi connectivity index (χ0n) is 17.8. The molecule has 1 atom stereocenters. The number of urea groups is 1. The van der Waals surface area contributed by atoms with Crippen LogP contribution in [0.3, 0.4) is 0 Å². The van der Waals surface area contributed by atoms with Crippen LogP contribution in [0.2, 0.25) is 0 Å². The number of rotatable bonds is 4. The Morgan fingerprint density at radius 3 is 2.32 bits per heavy atom. The van der Waals surface area contributed by atoms with Crippen LogP contribution in [-0.4, -0.2) is 18.1 Å². The number of anilines is 1. The summed E-state index contributed by atoms with van der Waals surface area (Å²) in [6.45, 7) is 5.93. The van der Waals surface area contributed by atoms with Gasteiger partial charge < -0.3 is 8.38 Å². The van der Waals surface area contributed by atoms with Gasteiger partial charge >= 0.3 is 6.03 Å². The monoisotopic (exact) mass is 569 g/mol. The number of nitrogens with two attached hydrogens (primary N) is 1. The van der Waals surface area contributed by atoms with Gasteiger partial charge in [-0.15, -0.1) is 15.7 Å². The summed E-state index contributed by atoms with van der Waals surface area (Å²) in [5.41, 5.74) is 6.94. The summed E-state index contributed by atoms with van der Waals surface area (Å²) >= 11 is 2.97. The summed E-state index contributed by atoms with van der Waals surface area (Å²) in [6.07, 6.45) is 6.09. The van der Waals surface area contributed by atoms with Gasteiger partial charge in [0, 0.05) is 10.6 Å². The zero-order valence-corrected chi connectivity index (χ0v) is 21.6. The number of amides is 2. The van der Waals surface area contributed by atoms with E-state index >= 15 is 0 Å². The minimum atomic E-state index is -3.50. The molecular weight excluding hydrogens is 544 g/mol. The lowest BCUT2D eigenvalue weighted by Gasteiger charge is -2.19. The molecule has 1 unspecified atom stereocenters. The van der Waals surface area contributed by atoms with Crippen LogP contribution in [0.1, 0.15) is 59.4 Å². The van der Waals surface area contributed by atoms with Crippen LogP contribution < -0.4 is 15.9 Å². The van der Waals surface area contributed by atoms with Gasteiger partial charge in [-0.25, -0.2) is 14.1 Å². The minimum Gasteiger partial charge on any atom is -0.305 e. The second-order valence-electron chi connectivity index (χ2n) is 8.65. The molecule has 0 bridgehead atoms. The highest BCUT2D eigenvalue weighted by atomic mass is 127. The van der Waals surface area contributed by atoms with Gasteiger partial charge in [0.2, 0.25) is 0 Å². The van der Waals surface area contributed by atoms with Crippen LogP contribution >= 0.6 is 34.3 Å². The van der Waals surface area contributed by atoms with Gasteiger partial charge in [-0.3, -0.25) is 0 Å². The first-order valence-electron chi connectivity index (χ1n) is 10.3. The summed E-state index contributed by atoms with van der Waals surface area (Å²) in [6, 6.07) is 0.983. The van der Waals surface area contributed by atoms with Crippen molar-refractivity contribution >= 4 is 69.3 Å². The molecule has 2 aliphatic rings. The topological polar surface area (TPSA) is 93.8 Å². The van der Waals surface area contributed by atoms with Gasteiger partial charge in [-0.2, -0.15) is 0 Å². The van der Waals surface area contributed by atoms with Crippen molar-refractivity contribution in [3.05, 3.63) is 38.8 Å². The van der Waals surface area contributed by atoms with Crippen molar-refractivity contribution in [1.29, 1.82) is 0 Å². The Labute approximate surface area is 203 Å². The van der Waals surface area contributed by atoms with Crippen molar-refractivity contribution < 1.29 is 12.1 Å². The molecule has 0 fully saturated rings. The fourth-order valence-corrected chi connectivity index (χ4v) is 7.49. The molecule has 164 valence electrons. The molecule has 2 radical (unpaired) electrons. The Bertz CT molecular complexity index is 1160. The molecule has 4 rings (SSSR count). The van der Waals surface area contributed by atoms with Crippen molar-refractivity contribution in [3.8, 4) is 0 Å². The van der Waals surface area contributed by atoms with Gasteiger partial charge in [-0.1, -0.05) is 11.5 Å². The third-order valence-corrected chi connectivity index (χ3v) is 10.7. The van der Waals surface area contributed by atoms with Crippen LogP contribution in [0.15, 0.2) is 14.6 Å². The quantitative estimate of drug-likeness (QED) is 0.424. The molecule has 2 amide bonds. The second-order valence-corrected chi connectivity index (χ2v) is 12.1. The van der Waals surface area contributed by atoms with E-state index in [1.165, 1.54) is 27.8 Å². The van der Waals surface area contributed by atoms with E-state index in [1.54, 1.807) is 6.07 Å². The molecule has 2 aromatic rings. The number of fused-ring (bicyclic) bond motifs is 2. The maximum Gasteiger partial charge on any atom is 0.354 e. The molecule has 6 nitrogen and oxygen atoms in total. The Morgan fingerprint density at radius 2 is 1.77 bits per heavy atom. The number of nitrogens with zero attached hydrogens (tertiary/aromatic N) is 1. The van der Waals surface area contributed by atoms with Gasteiger partial charge in [-0.05, 0) is 87.1 Å². The van der Waals surface area contributed by atoms with E-state index in [9.17, 15) is 9.00 Å². The predicted octanol–water partition coefficient (Wildman–Crippen LogP) is 4.36. The first-order valence-corrected chi connectivity index (χ1v) is 13.5. The van der Waals surface area contributed by atoms with Crippen molar-refractivity contribution in [1.82, 2.24) is 0 Å². The van der Waals surface area contributed by atoms with Crippen molar-refractivity contribution in [2.45, 2.75) is 69.1 Å². The lowest BCUT2D eigenvalue weighted by Crippen LogP contribution is -2.22. The van der Waals surface area contributed by atoms with E-state index in [-0.39, 0.29) is 9.67 Å². The standard InChI is InChI=1S/C21H25BIN3O3S2/c1-11-12-6-4-8-14(12)18(15-9-5-7-13(11)15)25-20(27)26-31(24,28)19-16(22)10-17(30-19)21(2,3)29-23/h10H,4-9H2,1-3H3,(H3,24,25,26,27,28). The fourth-order valence-electron chi connectivity index (χ4n) is 4.63. The largest absolute Gasteiger partial charge is 0.354 e. The first-order chi connectivity index (χ1) is 14.5. The number of carbonyl (C=O) groups excluding carboxylic acids is 1. The minimum absolute atomic E-state index is 0.193.